The van der Waals surface area contributed by atoms with Crippen molar-refractivity contribution < 1.29 is 22.0 Å². The molecule has 0 fully saturated rings. The maximum absolute atomic E-state index is 13.6. The number of aromatic nitrogens is 4. The van der Waals surface area contributed by atoms with E-state index in [1.807, 2.05) is 0 Å². The van der Waals surface area contributed by atoms with Gasteiger partial charge in [0.1, 0.15) is 0 Å². The van der Waals surface area contributed by atoms with Gasteiger partial charge in [0, 0.05) is 5.56 Å². The molecule has 23 heavy (non-hydrogen) atoms. The maximum atomic E-state index is 13.6. The molecule has 0 atom stereocenters. The van der Waals surface area contributed by atoms with Crippen LogP contribution < -0.4 is 0 Å². The van der Waals surface area contributed by atoms with Gasteiger partial charge in [-0.1, -0.05) is 30.3 Å². The van der Waals surface area contributed by atoms with Crippen LogP contribution in [0, 0.1) is 29.1 Å². The summed E-state index contributed by atoms with van der Waals surface area (Å²) in [5.41, 5.74) is -0.436. The van der Waals surface area contributed by atoms with Gasteiger partial charge in [-0.05, 0) is 5.21 Å². The molecule has 0 unspecified atom stereocenters. The molecule has 0 N–H and O–H groups in total. The largest absolute Gasteiger partial charge is 0.204 e. The summed E-state index contributed by atoms with van der Waals surface area (Å²) in [6, 6.07) is 8.57. The first-order valence-corrected chi connectivity index (χ1v) is 6.32. The van der Waals surface area contributed by atoms with Crippen molar-refractivity contribution in [2.45, 2.75) is 6.54 Å². The minimum absolute atomic E-state index is 0.162. The second-order valence-corrected chi connectivity index (χ2v) is 4.56. The van der Waals surface area contributed by atoms with Crippen LogP contribution in [0.3, 0.4) is 0 Å². The van der Waals surface area contributed by atoms with Crippen LogP contribution in [0.2, 0.25) is 0 Å². The van der Waals surface area contributed by atoms with E-state index in [-0.39, 0.29) is 5.82 Å². The highest BCUT2D eigenvalue weighted by atomic mass is 19.2. The highest BCUT2D eigenvalue weighted by Crippen LogP contribution is 2.23. The Morgan fingerprint density at radius 3 is 1.96 bits per heavy atom. The number of rotatable bonds is 3. The van der Waals surface area contributed by atoms with Crippen LogP contribution in [-0.2, 0) is 6.54 Å². The summed E-state index contributed by atoms with van der Waals surface area (Å²) in [5, 5.41) is 11.1. The molecule has 1 heterocycles. The first kappa shape index (κ1) is 15.1. The number of tetrazole rings is 1. The highest BCUT2D eigenvalue weighted by molar-refractivity contribution is 5.52. The lowest BCUT2D eigenvalue weighted by molar-refractivity contribution is 0.364. The minimum atomic E-state index is -2.21. The average Bonchev–Trinajstić information content (AvgIpc) is 3.05. The van der Waals surface area contributed by atoms with Gasteiger partial charge >= 0.3 is 0 Å². The molecule has 0 saturated heterocycles. The van der Waals surface area contributed by atoms with E-state index in [9.17, 15) is 22.0 Å². The Morgan fingerprint density at radius 2 is 1.35 bits per heavy atom. The van der Waals surface area contributed by atoms with E-state index in [4.69, 9.17) is 0 Å². The van der Waals surface area contributed by atoms with Crippen molar-refractivity contribution in [3.8, 4) is 11.4 Å². The molecule has 0 bridgehead atoms. The maximum Gasteiger partial charge on any atom is 0.204 e. The molecule has 0 spiro atoms. The van der Waals surface area contributed by atoms with E-state index >= 15 is 0 Å². The topological polar surface area (TPSA) is 43.6 Å². The minimum Gasteiger partial charge on any atom is -0.203 e. The van der Waals surface area contributed by atoms with Gasteiger partial charge < -0.3 is 0 Å². The quantitative estimate of drug-likeness (QED) is 0.422. The van der Waals surface area contributed by atoms with Crippen LogP contribution in [0.15, 0.2) is 30.3 Å². The molecule has 0 radical (unpaired) electrons. The Morgan fingerprint density at radius 1 is 0.783 bits per heavy atom. The SMILES string of the molecule is Fc1c(F)c(F)c(Cn2nnc(-c3ccccc3)n2)c(F)c1F. The Kier molecular flexibility index (Phi) is 3.77. The molecule has 3 rings (SSSR count). The zero-order valence-corrected chi connectivity index (χ0v) is 11.3. The summed E-state index contributed by atoms with van der Waals surface area (Å²) in [4.78, 5) is 0.751. The molecule has 2 aromatic carbocycles. The number of benzene rings is 2. The van der Waals surface area contributed by atoms with Crippen molar-refractivity contribution >= 4 is 0 Å². The number of hydrogen-bond acceptors (Lipinski definition) is 3. The summed E-state index contributed by atoms with van der Waals surface area (Å²) in [6.45, 7) is -0.744. The van der Waals surface area contributed by atoms with Crippen molar-refractivity contribution in [1.29, 1.82) is 0 Å². The second-order valence-electron chi connectivity index (χ2n) is 4.56. The molecule has 118 valence electrons. The predicted molar refractivity (Wildman–Crippen MR) is 68.6 cm³/mol. The molecule has 0 saturated carbocycles. The van der Waals surface area contributed by atoms with Crippen molar-refractivity contribution in [3.63, 3.8) is 0 Å². The average molecular weight is 326 g/mol. The molecule has 1 aromatic heterocycles. The third-order valence-corrected chi connectivity index (χ3v) is 3.09. The van der Waals surface area contributed by atoms with Crippen LogP contribution in [0.4, 0.5) is 22.0 Å². The van der Waals surface area contributed by atoms with Gasteiger partial charge in [-0.3, -0.25) is 0 Å². The monoisotopic (exact) mass is 326 g/mol. The van der Waals surface area contributed by atoms with Gasteiger partial charge in [0.15, 0.2) is 23.3 Å². The third kappa shape index (κ3) is 2.65. The fourth-order valence-corrected chi connectivity index (χ4v) is 1.94. The van der Waals surface area contributed by atoms with E-state index in [1.165, 1.54) is 0 Å². The van der Waals surface area contributed by atoms with Crippen LogP contribution in [0.5, 0.6) is 0 Å². The lowest BCUT2D eigenvalue weighted by Crippen LogP contribution is -2.13. The van der Waals surface area contributed by atoms with Crippen LogP contribution in [0.25, 0.3) is 11.4 Å². The summed E-state index contributed by atoms with van der Waals surface area (Å²) in [7, 11) is 0. The summed E-state index contributed by atoms with van der Waals surface area (Å²) in [6.07, 6.45) is 0. The zero-order chi connectivity index (χ0) is 16.6. The fourth-order valence-electron chi connectivity index (χ4n) is 1.94. The van der Waals surface area contributed by atoms with Gasteiger partial charge in [-0.25, -0.2) is 22.0 Å². The Bertz CT molecular complexity index is 834. The van der Waals surface area contributed by atoms with Gasteiger partial charge in [0.2, 0.25) is 11.6 Å². The summed E-state index contributed by atoms with van der Waals surface area (Å²) < 4.78 is 66.5. The van der Waals surface area contributed by atoms with E-state index in [0.29, 0.717) is 5.56 Å². The number of hydrogen-bond donors (Lipinski definition) is 0. The van der Waals surface area contributed by atoms with Crippen molar-refractivity contribution in [2.24, 2.45) is 0 Å². The van der Waals surface area contributed by atoms with Crippen LogP contribution in [0.1, 0.15) is 5.56 Å². The summed E-state index contributed by atoms with van der Waals surface area (Å²) in [5.74, 6) is -9.90. The number of halogens is 5. The predicted octanol–water partition coefficient (Wildman–Crippen LogP) is 3.08. The summed E-state index contributed by atoms with van der Waals surface area (Å²) >= 11 is 0. The van der Waals surface area contributed by atoms with E-state index in [1.54, 1.807) is 30.3 Å². The first-order chi connectivity index (χ1) is 11.0. The van der Waals surface area contributed by atoms with Gasteiger partial charge in [-0.2, -0.15) is 4.80 Å². The Hall–Kier alpha value is -2.84. The Balaban J connectivity index is 1.97. The molecule has 4 nitrogen and oxygen atoms in total. The smallest absolute Gasteiger partial charge is 0.203 e. The lowest BCUT2D eigenvalue weighted by atomic mass is 10.1. The second kappa shape index (κ2) is 5.75. The van der Waals surface area contributed by atoms with Gasteiger partial charge in [0.05, 0.1) is 12.1 Å². The molecular formula is C14H7F5N4. The van der Waals surface area contributed by atoms with E-state index < -0.39 is 41.2 Å². The van der Waals surface area contributed by atoms with E-state index in [2.05, 4.69) is 15.4 Å². The zero-order valence-electron chi connectivity index (χ0n) is 11.3. The molecular weight excluding hydrogens is 319 g/mol. The normalized spacial score (nSPS) is 11.0. The molecule has 0 amide bonds. The van der Waals surface area contributed by atoms with Gasteiger partial charge in [-0.15, -0.1) is 10.2 Å². The number of nitrogens with zero attached hydrogens (tertiary/aromatic N) is 4. The molecule has 0 aliphatic carbocycles. The third-order valence-electron chi connectivity index (χ3n) is 3.09. The molecule has 3 aromatic rings. The van der Waals surface area contributed by atoms with E-state index in [0.717, 1.165) is 4.80 Å². The van der Waals surface area contributed by atoms with Crippen LogP contribution >= 0.6 is 0 Å². The highest BCUT2D eigenvalue weighted by Gasteiger charge is 2.26. The van der Waals surface area contributed by atoms with Crippen molar-refractivity contribution in [2.75, 3.05) is 0 Å². The lowest BCUT2D eigenvalue weighted by Gasteiger charge is -2.06. The first-order valence-electron chi connectivity index (χ1n) is 6.32. The molecule has 9 heteroatoms. The Labute approximate surface area is 126 Å². The van der Waals surface area contributed by atoms with Crippen molar-refractivity contribution in [1.82, 2.24) is 20.2 Å². The fraction of sp³-hybridized carbons (Fsp3) is 0.0714. The van der Waals surface area contributed by atoms with Gasteiger partial charge in [0.25, 0.3) is 0 Å². The standard InChI is InChI=1S/C14H7F5N4/c15-9-8(10(16)12(18)13(19)11(9)17)6-23-21-14(20-22-23)7-4-2-1-3-5-7/h1-5H,6H2. The molecule has 0 aliphatic rings. The van der Waals surface area contributed by atoms with Crippen molar-refractivity contribution in [3.05, 3.63) is 65.0 Å². The van der Waals surface area contributed by atoms with Crippen LogP contribution in [-0.4, -0.2) is 20.2 Å². The molecule has 0 aliphatic heterocycles.